The number of aromatic nitrogens is 1. The normalized spacial score (nSPS) is 14.5. The first-order chi connectivity index (χ1) is 16.8. The van der Waals surface area contributed by atoms with Gasteiger partial charge in [0, 0.05) is 40.5 Å². The number of aromatic amines is 1. The summed E-state index contributed by atoms with van der Waals surface area (Å²) in [6.45, 7) is 1.51. The number of carboxylic acids is 1. The number of fused-ring (bicyclic) bond motifs is 4. The lowest BCUT2D eigenvalue weighted by atomic mass is 10.0. The largest absolute Gasteiger partial charge is 0.508 e. The smallest absolute Gasteiger partial charge is 0.339 e. The number of phenolic OH excluding ortho intramolecular Hbond substituents is 1. The van der Waals surface area contributed by atoms with E-state index in [0.717, 1.165) is 34.9 Å². The first kappa shape index (κ1) is 22.5. The Morgan fingerprint density at radius 2 is 1.94 bits per heavy atom. The molecule has 2 aromatic heterocycles. The minimum Gasteiger partial charge on any atom is -0.508 e. The fraction of sp³-hybridized carbons (Fsp3) is 0.269. The van der Waals surface area contributed by atoms with Crippen molar-refractivity contribution in [3.63, 3.8) is 0 Å². The fourth-order valence-electron chi connectivity index (χ4n) is 4.64. The number of carbonyl (C=O) groups is 2. The van der Waals surface area contributed by atoms with Gasteiger partial charge in [0.1, 0.15) is 23.1 Å². The van der Waals surface area contributed by atoms with Gasteiger partial charge in [-0.15, -0.1) is 0 Å². The van der Waals surface area contributed by atoms with E-state index in [-0.39, 0.29) is 17.8 Å². The summed E-state index contributed by atoms with van der Waals surface area (Å²) in [7, 11) is 0. The summed E-state index contributed by atoms with van der Waals surface area (Å²) in [6.07, 6.45) is 3.13. The maximum Gasteiger partial charge on any atom is 0.339 e. The zero-order chi connectivity index (χ0) is 24.7. The van der Waals surface area contributed by atoms with Crippen LogP contribution in [-0.2, 0) is 28.9 Å². The van der Waals surface area contributed by atoms with E-state index >= 15 is 0 Å². The van der Waals surface area contributed by atoms with E-state index in [1.165, 1.54) is 13.0 Å². The number of aliphatic carboxylic acids is 1. The van der Waals surface area contributed by atoms with Crippen LogP contribution in [0, 0.1) is 0 Å². The van der Waals surface area contributed by atoms with Gasteiger partial charge in [0.05, 0.1) is 0 Å². The second-order valence-corrected chi connectivity index (χ2v) is 8.77. The van der Waals surface area contributed by atoms with Gasteiger partial charge >= 0.3 is 11.6 Å². The number of benzene rings is 2. The van der Waals surface area contributed by atoms with Gasteiger partial charge in [0.25, 0.3) is 5.91 Å². The number of H-pyrrole nitrogens is 1. The predicted octanol–water partition coefficient (Wildman–Crippen LogP) is 3.05. The number of phenols is 1. The molecule has 2 aromatic carbocycles. The Morgan fingerprint density at radius 3 is 2.74 bits per heavy atom. The lowest BCUT2D eigenvalue weighted by molar-refractivity contribution is -0.142. The molecule has 2 heterocycles. The molecule has 0 spiro atoms. The van der Waals surface area contributed by atoms with E-state index in [1.807, 2.05) is 6.07 Å². The number of carbonyl (C=O) groups excluding carboxylic acids is 1. The third-order valence-electron chi connectivity index (χ3n) is 6.42. The molecule has 0 radical (unpaired) electrons. The quantitative estimate of drug-likeness (QED) is 0.300. The molecule has 0 fully saturated rings. The minimum absolute atomic E-state index is 0.0173. The molecular formula is C26H24N2O7. The molecule has 9 heteroatoms. The third-order valence-corrected chi connectivity index (χ3v) is 6.42. The molecule has 2 atom stereocenters. The maximum atomic E-state index is 12.8. The summed E-state index contributed by atoms with van der Waals surface area (Å²) in [5.41, 5.74) is 3.18. The molecule has 1 amide bonds. The van der Waals surface area contributed by atoms with Crippen LogP contribution in [0.2, 0.25) is 0 Å². The van der Waals surface area contributed by atoms with Crippen LogP contribution in [0.4, 0.5) is 0 Å². The molecule has 0 saturated heterocycles. The average molecular weight is 476 g/mol. The average Bonchev–Trinajstić information content (AvgIpc) is 3.46. The van der Waals surface area contributed by atoms with Crippen molar-refractivity contribution in [3.8, 4) is 11.5 Å². The van der Waals surface area contributed by atoms with Crippen molar-refractivity contribution in [2.45, 2.75) is 44.8 Å². The topological polar surface area (TPSA) is 142 Å². The maximum absolute atomic E-state index is 12.8. The number of hydrogen-bond donors (Lipinski definition) is 4. The van der Waals surface area contributed by atoms with Crippen LogP contribution in [0.3, 0.4) is 0 Å². The summed E-state index contributed by atoms with van der Waals surface area (Å²) in [4.78, 5) is 39.9. The van der Waals surface area contributed by atoms with E-state index in [1.54, 1.807) is 30.5 Å². The Hall–Kier alpha value is -4.27. The van der Waals surface area contributed by atoms with Crippen LogP contribution < -0.4 is 15.7 Å². The van der Waals surface area contributed by atoms with Gasteiger partial charge in [-0.05, 0) is 67.6 Å². The zero-order valence-electron chi connectivity index (χ0n) is 19.0. The van der Waals surface area contributed by atoms with Crippen molar-refractivity contribution in [2.75, 3.05) is 0 Å². The molecule has 4 N–H and O–H groups in total. The predicted molar refractivity (Wildman–Crippen MR) is 128 cm³/mol. The molecule has 4 aromatic rings. The molecule has 180 valence electrons. The van der Waals surface area contributed by atoms with Crippen LogP contribution in [0.15, 0.2) is 51.8 Å². The molecule has 0 aliphatic heterocycles. The van der Waals surface area contributed by atoms with Gasteiger partial charge in [-0.1, -0.05) is 0 Å². The molecule has 9 nitrogen and oxygen atoms in total. The van der Waals surface area contributed by atoms with Crippen LogP contribution in [0.5, 0.6) is 11.5 Å². The summed E-state index contributed by atoms with van der Waals surface area (Å²) in [5, 5.41) is 23.5. The first-order valence-electron chi connectivity index (χ1n) is 11.4. The minimum atomic E-state index is -1.20. The van der Waals surface area contributed by atoms with E-state index in [9.17, 15) is 24.6 Å². The molecule has 0 bridgehead atoms. The first-order valence-corrected chi connectivity index (χ1v) is 11.4. The summed E-state index contributed by atoms with van der Waals surface area (Å²) < 4.78 is 11.2. The summed E-state index contributed by atoms with van der Waals surface area (Å²) >= 11 is 0. The van der Waals surface area contributed by atoms with Gasteiger partial charge < -0.3 is 29.7 Å². The van der Waals surface area contributed by atoms with E-state index in [0.29, 0.717) is 28.7 Å². The van der Waals surface area contributed by atoms with Gasteiger partial charge in [0.2, 0.25) is 0 Å². The van der Waals surface area contributed by atoms with Crippen molar-refractivity contribution in [3.05, 3.63) is 69.7 Å². The molecule has 35 heavy (non-hydrogen) atoms. The Balaban J connectivity index is 1.30. The highest BCUT2D eigenvalue weighted by Gasteiger charge is 2.26. The number of rotatable bonds is 7. The number of carboxylic acid groups (broad SMARTS) is 1. The Bertz CT molecular complexity index is 1520. The second-order valence-electron chi connectivity index (χ2n) is 8.77. The van der Waals surface area contributed by atoms with E-state index in [2.05, 4.69) is 10.3 Å². The lowest BCUT2D eigenvalue weighted by Gasteiger charge is -2.19. The van der Waals surface area contributed by atoms with Crippen molar-refractivity contribution in [2.24, 2.45) is 0 Å². The number of ether oxygens (including phenoxy) is 1. The Morgan fingerprint density at radius 1 is 1.14 bits per heavy atom. The number of nitrogens with one attached hydrogen (secondary N) is 2. The van der Waals surface area contributed by atoms with Gasteiger partial charge in [-0.2, -0.15) is 0 Å². The van der Waals surface area contributed by atoms with Gasteiger partial charge in [-0.3, -0.25) is 4.79 Å². The standard InChI is InChI=1S/C26H24N2O7/c1-13(34-16-6-7-18-17-3-2-4-19(17)26(33)35-23(18)11-16)24(30)28-22(25(31)32)9-14-12-27-21-8-5-15(29)10-20(14)21/h5-8,10-13,22,27,29H,2-4,9H2,1H3,(H,28,30)(H,31,32). The van der Waals surface area contributed by atoms with Gasteiger partial charge in [-0.25, -0.2) is 9.59 Å². The van der Waals surface area contributed by atoms with Gasteiger partial charge in [0.15, 0.2) is 6.10 Å². The number of hydrogen-bond acceptors (Lipinski definition) is 6. The highest BCUT2D eigenvalue weighted by molar-refractivity contribution is 5.89. The Labute approximate surface area is 199 Å². The third kappa shape index (κ3) is 4.32. The monoisotopic (exact) mass is 476 g/mol. The van der Waals surface area contributed by atoms with Crippen molar-refractivity contribution in [1.29, 1.82) is 0 Å². The highest BCUT2D eigenvalue weighted by atomic mass is 16.5. The summed E-state index contributed by atoms with van der Waals surface area (Å²) in [6, 6.07) is 8.66. The lowest BCUT2D eigenvalue weighted by Crippen LogP contribution is -2.47. The number of aromatic hydroxyl groups is 1. The summed E-state index contributed by atoms with van der Waals surface area (Å²) in [5.74, 6) is -1.40. The van der Waals surface area contributed by atoms with E-state index < -0.39 is 24.0 Å². The Kier molecular flexibility index (Phi) is 5.68. The van der Waals surface area contributed by atoms with Crippen LogP contribution in [0.1, 0.15) is 30.0 Å². The zero-order valence-corrected chi connectivity index (χ0v) is 19.0. The van der Waals surface area contributed by atoms with Crippen LogP contribution in [0.25, 0.3) is 21.9 Å². The van der Waals surface area contributed by atoms with E-state index in [4.69, 9.17) is 9.15 Å². The number of amides is 1. The van der Waals surface area contributed by atoms with Crippen molar-refractivity contribution in [1.82, 2.24) is 10.3 Å². The highest BCUT2D eigenvalue weighted by Crippen LogP contribution is 2.30. The SMILES string of the molecule is CC(Oc1ccc2c3c(c(=O)oc2c1)CCC3)C(=O)NC(Cc1c[nH]c2ccc(O)cc12)C(=O)O. The van der Waals surface area contributed by atoms with Crippen molar-refractivity contribution < 1.29 is 29.0 Å². The molecule has 1 aliphatic carbocycles. The molecule has 1 aliphatic rings. The van der Waals surface area contributed by atoms with Crippen LogP contribution in [-0.4, -0.2) is 39.2 Å². The fourth-order valence-corrected chi connectivity index (χ4v) is 4.64. The number of aryl methyl sites for hydroxylation is 1. The molecular weight excluding hydrogens is 452 g/mol. The van der Waals surface area contributed by atoms with Crippen molar-refractivity contribution >= 4 is 33.7 Å². The molecule has 2 unspecified atom stereocenters. The molecule has 0 saturated carbocycles. The van der Waals surface area contributed by atoms with Crippen LogP contribution >= 0.6 is 0 Å². The molecule has 5 rings (SSSR count). The second kappa shape index (κ2) is 8.83.